The van der Waals surface area contributed by atoms with Crippen molar-refractivity contribution in [3.05, 3.63) is 59.7 Å². The Morgan fingerprint density at radius 1 is 0.963 bits per heavy atom. The van der Waals surface area contributed by atoms with Gasteiger partial charge in [-0.1, -0.05) is 36.4 Å². The van der Waals surface area contributed by atoms with Crippen molar-refractivity contribution in [2.75, 3.05) is 12.0 Å². The maximum Gasteiger partial charge on any atom is 0.263 e. The first-order chi connectivity index (χ1) is 13.1. The van der Waals surface area contributed by atoms with Crippen LogP contribution in [0.4, 0.5) is 5.69 Å². The summed E-state index contributed by atoms with van der Waals surface area (Å²) in [7, 11) is 1.57. The van der Waals surface area contributed by atoms with Gasteiger partial charge in [0.15, 0.2) is 12.1 Å². The predicted octanol–water partition coefficient (Wildman–Crippen LogP) is 2.75. The van der Waals surface area contributed by atoms with Crippen LogP contribution in [0.25, 0.3) is 0 Å². The van der Waals surface area contributed by atoms with Crippen molar-refractivity contribution in [2.24, 2.45) is 10.3 Å². The fraction of sp³-hybridized carbons (Fsp3) is 0.300. The van der Waals surface area contributed by atoms with Gasteiger partial charge in [-0.2, -0.15) is 5.11 Å². The molecule has 0 aromatic heterocycles. The van der Waals surface area contributed by atoms with Gasteiger partial charge in [0.25, 0.3) is 11.8 Å². The molecule has 0 spiro atoms. The number of aryl methyl sites for hydroxylation is 1. The molecule has 4 rings (SSSR count). The van der Waals surface area contributed by atoms with Gasteiger partial charge in [-0.05, 0) is 41.8 Å². The van der Waals surface area contributed by atoms with E-state index < -0.39 is 12.1 Å². The van der Waals surface area contributed by atoms with Crippen molar-refractivity contribution in [1.29, 1.82) is 0 Å². The quantitative estimate of drug-likeness (QED) is 0.765. The third kappa shape index (κ3) is 2.95. The molecule has 0 N–H and O–H groups in total. The zero-order valence-corrected chi connectivity index (χ0v) is 15.2. The molecule has 2 aromatic carbocycles. The lowest BCUT2D eigenvalue weighted by atomic mass is 10.1. The van der Waals surface area contributed by atoms with Gasteiger partial charge < -0.3 is 4.74 Å². The first-order valence-corrected chi connectivity index (χ1v) is 8.89. The maximum absolute atomic E-state index is 13.0. The fourth-order valence-corrected chi connectivity index (χ4v) is 3.41. The molecule has 0 aliphatic carbocycles. The van der Waals surface area contributed by atoms with Crippen molar-refractivity contribution in [2.45, 2.75) is 32.0 Å². The molecule has 27 heavy (non-hydrogen) atoms. The van der Waals surface area contributed by atoms with Crippen molar-refractivity contribution in [3.63, 3.8) is 0 Å². The third-order valence-electron chi connectivity index (χ3n) is 4.96. The Morgan fingerprint density at radius 2 is 1.63 bits per heavy atom. The molecule has 2 aromatic rings. The fourth-order valence-electron chi connectivity index (χ4n) is 3.41. The lowest BCUT2D eigenvalue weighted by Crippen LogP contribution is -2.39. The standard InChI is InChI=1S/C20H20N4O3/c1-3-13-4-6-14(7-5-13)12-23-18-17(21-22-23)19(25)24(20(18)26)15-8-10-16(27-2)11-9-15/h4-11,17-18H,3,12H2,1-2H3/t17-,18-/m0/s1. The van der Waals surface area contributed by atoms with E-state index in [0.717, 1.165) is 12.0 Å². The smallest absolute Gasteiger partial charge is 0.263 e. The molecule has 2 aliphatic heterocycles. The lowest BCUT2D eigenvalue weighted by Gasteiger charge is -2.20. The summed E-state index contributed by atoms with van der Waals surface area (Å²) in [5.74, 6) is 0.0166. The highest BCUT2D eigenvalue weighted by atomic mass is 16.5. The van der Waals surface area contributed by atoms with Gasteiger partial charge in [-0.15, -0.1) is 0 Å². The summed E-state index contributed by atoms with van der Waals surface area (Å²) in [6.07, 6.45) is 0.970. The molecular formula is C20H20N4O3. The number of carbonyl (C=O) groups excluding carboxylic acids is 2. The molecule has 7 nitrogen and oxygen atoms in total. The Labute approximate surface area is 157 Å². The van der Waals surface area contributed by atoms with E-state index >= 15 is 0 Å². The number of benzene rings is 2. The van der Waals surface area contributed by atoms with Crippen LogP contribution in [-0.2, 0) is 22.6 Å². The number of imide groups is 1. The third-order valence-corrected chi connectivity index (χ3v) is 4.96. The molecule has 1 fully saturated rings. The number of hydrogen-bond donors (Lipinski definition) is 0. The van der Waals surface area contributed by atoms with Gasteiger partial charge in [-0.25, -0.2) is 4.90 Å². The van der Waals surface area contributed by atoms with Crippen LogP contribution in [0.15, 0.2) is 58.9 Å². The monoisotopic (exact) mass is 364 g/mol. The van der Waals surface area contributed by atoms with Crippen LogP contribution in [0.2, 0.25) is 0 Å². The SMILES string of the molecule is CCc1ccc(CN2N=N[C@@H]3C(=O)N(c4ccc(OC)cc4)C(=O)[C@H]32)cc1. The van der Waals surface area contributed by atoms with Gasteiger partial charge in [0.1, 0.15) is 5.75 Å². The summed E-state index contributed by atoms with van der Waals surface area (Å²) in [6.45, 7) is 2.54. The van der Waals surface area contributed by atoms with Crippen LogP contribution in [-0.4, -0.2) is 36.0 Å². The summed E-state index contributed by atoms with van der Waals surface area (Å²) >= 11 is 0. The van der Waals surface area contributed by atoms with E-state index in [1.165, 1.54) is 10.5 Å². The second kappa shape index (κ2) is 6.83. The van der Waals surface area contributed by atoms with Crippen LogP contribution in [0.5, 0.6) is 5.75 Å². The zero-order valence-electron chi connectivity index (χ0n) is 15.2. The number of amides is 2. The second-order valence-electron chi connectivity index (χ2n) is 6.57. The van der Waals surface area contributed by atoms with Crippen LogP contribution >= 0.6 is 0 Å². The summed E-state index contributed by atoms with van der Waals surface area (Å²) in [4.78, 5) is 26.9. The lowest BCUT2D eigenvalue weighted by molar-refractivity contribution is -0.123. The minimum absolute atomic E-state index is 0.301. The molecule has 0 bridgehead atoms. The molecule has 2 heterocycles. The Hall–Kier alpha value is -3.22. The summed E-state index contributed by atoms with van der Waals surface area (Å²) in [6, 6.07) is 13.5. The van der Waals surface area contributed by atoms with Crippen LogP contribution in [0.1, 0.15) is 18.1 Å². The van der Waals surface area contributed by atoms with E-state index in [1.807, 2.05) is 12.1 Å². The van der Waals surface area contributed by atoms with Crippen molar-refractivity contribution < 1.29 is 14.3 Å². The molecule has 2 aliphatic rings. The van der Waals surface area contributed by atoms with Crippen LogP contribution in [0, 0.1) is 0 Å². The number of fused-ring (bicyclic) bond motifs is 1. The summed E-state index contributed by atoms with van der Waals surface area (Å²) in [5.41, 5.74) is 2.79. The number of carbonyl (C=O) groups is 2. The number of rotatable bonds is 5. The highest BCUT2D eigenvalue weighted by Gasteiger charge is 2.54. The molecule has 2 atom stereocenters. The Bertz CT molecular complexity index is 892. The van der Waals surface area contributed by atoms with Crippen LogP contribution in [0.3, 0.4) is 0 Å². The number of anilines is 1. The van der Waals surface area contributed by atoms with E-state index in [-0.39, 0.29) is 11.8 Å². The van der Waals surface area contributed by atoms with E-state index in [2.05, 4.69) is 29.4 Å². The van der Waals surface area contributed by atoms with Gasteiger partial charge in [0.2, 0.25) is 0 Å². The van der Waals surface area contributed by atoms with Gasteiger partial charge in [-0.3, -0.25) is 14.6 Å². The first-order valence-electron chi connectivity index (χ1n) is 8.89. The van der Waals surface area contributed by atoms with E-state index in [0.29, 0.717) is 18.0 Å². The molecule has 7 heteroatoms. The number of ether oxygens (including phenoxy) is 1. The van der Waals surface area contributed by atoms with E-state index in [4.69, 9.17) is 4.74 Å². The van der Waals surface area contributed by atoms with Crippen molar-refractivity contribution in [1.82, 2.24) is 5.01 Å². The summed E-state index contributed by atoms with van der Waals surface area (Å²) in [5, 5.41) is 9.76. The first kappa shape index (κ1) is 17.2. The van der Waals surface area contributed by atoms with Gasteiger partial charge in [0, 0.05) is 0 Å². The minimum atomic E-state index is -0.783. The average molecular weight is 364 g/mol. The number of methoxy groups -OCH3 is 1. The normalized spacial score (nSPS) is 21.1. The highest BCUT2D eigenvalue weighted by Crippen LogP contribution is 2.33. The number of nitrogens with zero attached hydrogens (tertiary/aromatic N) is 4. The van der Waals surface area contributed by atoms with Crippen molar-refractivity contribution >= 4 is 17.5 Å². The number of hydrogen-bond acceptors (Lipinski definition) is 6. The van der Waals surface area contributed by atoms with Gasteiger partial charge >= 0.3 is 0 Å². The largest absolute Gasteiger partial charge is 0.497 e. The van der Waals surface area contributed by atoms with Crippen molar-refractivity contribution in [3.8, 4) is 5.75 Å². The molecule has 0 unspecified atom stereocenters. The molecule has 0 saturated carbocycles. The maximum atomic E-state index is 13.0. The molecular weight excluding hydrogens is 344 g/mol. The average Bonchev–Trinajstić information content (AvgIpc) is 3.22. The Kier molecular flexibility index (Phi) is 4.35. The molecule has 0 radical (unpaired) electrons. The second-order valence-corrected chi connectivity index (χ2v) is 6.57. The topological polar surface area (TPSA) is 74.6 Å². The van der Waals surface area contributed by atoms with Crippen LogP contribution < -0.4 is 9.64 Å². The molecule has 2 amide bonds. The van der Waals surface area contributed by atoms with Gasteiger partial charge in [0.05, 0.1) is 19.3 Å². The highest BCUT2D eigenvalue weighted by molar-refractivity contribution is 6.25. The molecule has 1 saturated heterocycles. The zero-order chi connectivity index (χ0) is 19.0. The predicted molar refractivity (Wildman–Crippen MR) is 99.3 cm³/mol. The minimum Gasteiger partial charge on any atom is -0.497 e. The van der Waals surface area contributed by atoms with E-state index in [9.17, 15) is 9.59 Å². The Morgan fingerprint density at radius 3 is 2.26 bits per heavy atom. The summed E-state index contributed by atoms with van der Waals surface area (Å²) < 4.78 is 5.13. The van der Waals surface area contributed by atoms with E-state index in [1.54, 1.807) is 36.4 Å². The Balaban J connectivity index is 1.55. The molecule has 138 valence electrons.